The third kappa shape index (κ3) is 2.17. The van der Waals surface area contributed by atoms with Gasteiger partial charge in [-0.1, -0.05) is 11.6 Å². The number of aromatic nitrogens is 2. The van der Waals surface area contributed by atoms with Gasteiger partial charge in [-0.2, -0.15) is 0 Å². The van der Waals surface area contributed by atoms with Crippen molar-refractivity contribution in [1.82, 2.24) is 9.55 Å². The van der Waals surface area contributed by atoms with E-state index in [1.165, 1.54) is 12.1 Å². The molecule has 0 saturated carbocycles. The van der Waals surface area contributed by atoms with Crippen molar-refractivity contribution in [2.75, 3.05) is 5.73 Å². The molecule has 3 rings (SSSR count). The molecule has 0 bridgehead atoms. The normalized spacial score (nSPS) is 11.1. The van der Waals surface area contributed by atoms with Gasteiger partial charge in [-0.25, -0.2) is 9.37 Å². The first-order chi connectivity index (χ1) is 9.06. The van der Waals surface area contributed by atoms with Crippen molar-refractivity contribution in [3.8, 4) is 5.69 Å². The molecule has 3 nitrogen and oxygen atoms in total. The summed E-state index contributed by atoms with van der Waals surface area (Å²) in [4.78, 5) is 4.20. The van der Waals surface area contributed by atoms with Crippen LogP contribution >= 0.6 is 34.2 Å². The first kappa shape index (κ1) is 12.7. The number of benzene rings is 2. The van der Waals surface area contributed by atoms with Crippen LogP contribution in [0.2, 0.25) is 5.02 Å². The molecule has 0 amide bonds. The lowest BCUT2D eigenvalue weighted by Gasteiger charge is -2.06. The van der Waals surface area contributed by atoms with E-state index in [9.17, 15) is 4.39 Å². The van der Waals surface area contributed by atoms with Gasteiger partial charge in [0.15, 0.2) is 0 Å². The molecule has 0 saturated heterocycles. The first-order valence-electron chi connectivity index (χ1n) is 5.45. The van der Waals surface area contributed by atoms with Crippen molar-refractivity contribution in [1.29, 1.82) is 0 Å². The number of halogens is 3. The Morgan fingerprint density at radius 3 is 2.58 bits per heavy atom. The number of fused-ring (bicyclic) bond motifs is 1. The van der Waals surface area contributed by atoms with Crippen molar-refractivity contribution >= 4 is 51.2 Å². The summed E-state index contributed by atoms with van der Waals surface area (Å²) in [5.74, 6) is -0.182. The predicted molar refractivity (Wildman–Crippen MR) is 83.2 cm³/mol. The molecule has 0 aliphatic carbocycles. The molecule has 96 valence electrons. The van der Waals surface area contributed by atoms with E-state index in [1.54, 1.807) is 4.57 Å². The van der Waals surface area contributed by atoms with Crippen LogP contribution in [0.1, 0.15) is 0 Å². The fourth-order valence-electron chi connectivity index (χ4n) is 1.95. The number of hydrogen-bond acceptors (Lipinski definition) is 2. The van der Waals surface area contributed by atoms with E-state index in [4.69, 9.17) is 17.3 Å². The molecule has 19 heavy (non-hydrogen) atoms. The summed E-state index contributed by atoms with van der Waals surface area (Å²) in [6, 6.07) is 10.5. The highest BCUT2D eigenvalue weighted by Gasteiger charge is 2.13. The molecule has 0 radical (unpaired) electrons. The van der Waals surface area contributed by atoms with Gasteiger partial charge >= 0.3 is 0 Å². The average Bonchev–Trinajstić information content (AvgIpc) is 2.67. The molecule has 3 aromatic rings. The van der Waals surface area contributed by atoms with Crippen molar-refractivity contribution < 1.29 is 4.39 Å². The van der Waals surface area contributed by atoms with Gasteiger partial charge in [0.05, 0.1) is 16.1 Å². The number of rotatable bonds is 1. The molecular formula is C13H8ClFIN3. The van der Waals surface area contributed by atoms with Gasteiger partial charge in [-0.3, -0.25) is 4.57 Å². The Morgan fingerprint density at radius 2 is 1.89 bits per heavy atom. The summed E-state index contributed by atoms with van der Waals surface area (Å²) < 4.78 is 16.4. The highest BCUT2D eigenvalue weighted by molar-refractivity contribution is 14.1. The Morgan fingerprint density at radius 1 is 1.21 bits per heavy atom. The van der Waals surface area contributed by atoms with Gasteiger partial charge in [0.25, 0.3) is 0 Å². The zero-order valence-corrected chi connectivity index (χ0v) is 12.5. The lowest BCUT2D eigenvalue weighted by Crippen LogP contribution is -2.00. The summed E-state index contributed by atoms with van der Waals surface area (Å²) in [7, 11) is 0. The number of nitrogens with zero attached hydrogens (tertiary/aromatic N) is 2. The van der Waals surface area contributed by atoms with Gasteiger partial charge in [0.1, 0.15) is 5.82 Å². The van der Waals surface area contributed by atoms with E-state index >= 15 is 0 Å². The smallest absolute Gasteiger partial charge is 0.205 e. The van der Waals surface area contributed by atoms with Crippen LogP contribution in [-0.2, 0) is 0 Å². The summed E-state index contributed by atoms with van der Waals surface area (Å²) in [5.41, 5.74) is 7.91. The lowest BCUT2D eigenvalue weighted by molar-refractivity contribution is 0.629. The van der Waals surface area contributed by atoms with E-state index in [0.717, 1.165) is 9.26 Å². The lowest BCUT2D eigenvalue weighted by atomic mass is 10.2. The Bertz CT molecular complexity index is 768. The maximum Gasteiger partial charge on any atom is 0.205 e. The maximum atomic E-state index is 13.6. The predicted octanol–water partition coefficient (Wildman–Crippen LogP) is 4.00. The van der Waals surface area contributed by atoms with Crippen LogP contribution in [0.4, 0.5) is 10.3 Å². The molecular weight excluding hydrogens is 380 g/mol. The topological polar surface area (TPSA) is 43.8 Å². The van der Waals surface area contributed by atoms with Crippen LogP contribution in [0.15, 0.2) is 36.4 Å². The van der Waals surface area contributed by atoms with Crippen LogP contribution in [0.25, 0.3) is 16.7 Å². The number of anilines is 1. The molecule has 2 aromatic carbocycles. The Labute approximate surface area is 127 Å². The Balaban J connectivity index is 2.31. The molecule has 6 heteroatoms. The van der Waals surface area contributed by atoms with E-state index in [2.05, 4.69) is 27.6 Å². The molecule has 0 fully saturated rings. The van der Waals surface area contributed by atoms with E-state index in [-0.39, 0.29) is 5.02 Å². The average molecular weight is 388 g/mol. The zero-order chi connectivity index (χ0) is 13.6. The largest absolute Gasteiger partial charge is 0.369 e. The van der Waals surface area contributed by atoms with E-state index < -0.39 is 5.82 Å². The van der Waals surface area contributed by atoms with Crippen molar-refractivity contribution in [2.45, 2.75) is 0 Å². The molecule has 0 aliphatic rings. The minimum absolute atomic E-state index is 0.0414. The monoisotopic (exact) mass is 387 g/mol. The van der Waals surface area contributed by atoms with Gasteiger partial charge in [-0.15, -0.1) is 0 Å². The summed E-state index contributed by atoms with van der Waals surface area (Å²) in [6.07, 6.45) is 0. The standard InChI is InChI=1S/C13H8ClFIN3/c14-9-5-11-12(6-10(9)15)19(13(17)18-11)8-3-1-7(16)2-4-8/h1-6H,(H2,17,18). The van der Waals surface area contributed by atoms with Gasteiger partial charge in [0.2, 0.25) is 5.95 Å². The molecule has 0 aliphatic heterocycles. The Hall–Kier alpha value is -1.34. The molecule has 0 unspecified atom stereocenters. The van der Waals surface area contributed by atoms with Gasteiger partial charge in [0, 0.05) is 15.3 Å². The second-order valence-corrected chi connectivity index (χ2v) is 5.69. The highest BCUT2D eigenvalue weighted by Crippen LogP contribution is 2.27. The van der Waals surface area contributed by atoms with Crippen molar-refractivity contribution in [2.24, 2.45) is 0 Å². The maximum absolute atomic E-state index is 13.6. The van der Waals surface area contributed by atoms with Crippen molar-refractivity contribution in [3.05, 3.63) is 50.8 Å². The Kier molecular flexibility index (Phi) is 3.10. The van der Waals surface area contributed by atoms with Crippen LogP contribution in [-0.4, -0.2) is 9.55 Å². The minimum Gasteiger partial charge on any atom is -0.369 e. The number of nitrogen functional groups attached to an aromatic ring is 1. The minimum atomic E-state index is -0.485. The SMILES string of the molecule is Nc1nc2cc(Cl)c(F)cc2n1-c1ccc(I)cc1. The van der Waals surface area contributed by atoms with E-state index in [0.29, 0.717) is 17.0 Å². The van der Waals surface area contributed by atoms with Crippen molar-refractivity contribution in [3.63, 3.8) is 0 Å². The van der Waals surface area contributed by atoms with E-state index in [1.807, 2.05) is 24.3 Å². The highest BCUT2D eigenvalue weighted by atomic mass is 127. The number of nitrogens with two attached hydrogens (primary N) is 1. The zero-order valence-electron chi connectivity index (χ0n) is 9.57. The fraction of sp³-hybridized carbons (Fsp3) is 0. The van der Waals surface area contributed by atoms with Crippen LogP contribution in [0, 0.1) is 9.39 Å². The summed E-state index contributed by atoms with van der Waals surface area (Å²) >= 11 is 7.97. The second kappa shape index (κ2) is 4.64. The van der Waals surface area contributed by atoms with Crippen LogP contribution in [0.5, 0.6) is 0 Å². The summed E-state index contributed by atoms with van der Waals surface area (Å²) in [5, 5.41) is 0.0414. The first-order valence-corrected chi connectivity index (χ1v) is 6.91. The molecule has 1 aromatic heterocycles. The second-order valence-electron chi connectivity index (χ2n) is 4.04. The molecule has 0 atom stereocenters. The number of imidazole rings is 1. The third-order valence-electron chi connectivity index (χ3n) is 2.81. The fourth-order valence-corrected chi connectivity index (χ4v) is 2.47. The third-order valence-corrected chi connectivity index (χ3v) is 3.82. The summed E-state index contributed by atoms with van der Waals surface area (Å²) in [6.45, 7) is 0. The van der Waals surface area contributed by atoms with Gasteiger partial charge < -0.3 is 5.73 Å². The van der Waals surface area contributed by atoms with Crippen LogP contribution < -0.4 is 5.73 Å². The molecule has 1 heterocycles. The molecule has 0 spiro atoms. The number of hydrogen-bond donors (Lipinski definition) is 1. The van der Waals surface area contributed by atoms with Gasteiger partial charge in [-0.05, 0) is 52.9 Å². The van der Waals surface area contributed by atoms with Crippen LogP contribution in [0.3, 0.4) is 0 Å². The quantitative estimate of drug-likeness (QED) is 0.641. The molecule has 2 N–H and O–H groups in total.